The van der Waals surface area contributed by atoms with Crippen LogP contribution >= 0.6 is 0 Å². The Bertz CT molecular complexity index is 733. The van der Waals surface area contributed by atoms with Crippen molar-refractivity contribution in [3.05, 3.63) is 54.1 Å². The Balaban J connectivity index is 1.66. The highest BCUT2D eigenvalue weighted by Crippen LogP contribution is 2.15. The maximum atomic E-state index is 11.9. The van der Waals surface area contributed by atoms with Crippen LogP contribution in [0.1, 0.15) is 25.3 Å². The molecule has 0 saturated heterocycles. The summed E-state index contributed by atoms with van der Waals surface area (Å²) in [5, 5.41) is 5.32. The van der Waals surface area contributed by atoms with Gasteiger partial charge < -0.3 is 20.1 Å². The van der Waals surface area contributed by atoms with Gasteiger partial charge in [0.2, 0.25) is 5.91 Å². The first-order chi connectivity index (χ1) is 13.5. The lowest BCUT2D eigenvalue weighted by Gasteiger charge is -2.08. The van der Waals surface area contributed by atoms with E-state index < -0.39 is 18.5 Å². The van der Waals surface area contributed by atoms with Gasteiger partial charge in [0.1, 0.15) is 5.75 Å². The quantitative estimate of drug-likeness (QED) is 0.648. The number of hydrogen-bond donors (Lipinski definition) is 2. The number of nitrogens with one attached hydrogen (secondary N) is 2. The topological polar surface area (TPSA) is 93.7 Å². The van der Waals surface area contributed by atoms with Gasteiger partial charge in [0, 0.05) is 17.8 Å². The van der Waals surface area contributed by atoms with Gasteiger partial charge in [-0.15, -0.1) is 0 Å². The average Bonchev–Trinajstić information content (AvgIpc) is 2.72. The molecule has 0 atom stereocenters. The summed E-state index contributed by atoms with van der Waals surface area (Å²) in [7, 11) is 1.56. The molecule has 2 N–H and O–H groups in total. The Hall–Kier alpha value is -3.35. The van der Waals surface area contributed by atoms with E-state index >= 15 is 0 Å². The normalized spacial score (nSPS) is 10.1. The number of hydrogen-bond acceptors (Lipinski definition) is 5. The maximum absolute atomic E-state index is 11.9. The zero-order valence-corrected chi connectivity index (χ0v) is 16.0. The van der Waals surface area contributed by atoms with Gasteiger partial charge in [0.25, 0.3) is 5.91 Å². The van der Waals surface area contributed by atoms with Crippen LogP contribution < -0.4 is 15.4 Å². The van der Waals surface area contributed by atoms with Crippen molar-refractivity contribution in [1.82, 2.24) is 0 Å². The predicted octanol–water partition coefficient (Wildman–Crippen LogP) is 3.16. The van der Waals surface area contributed by atoms with Gasteiger partial charge in [-0.05, 0) is 48.4 Å². The molecule has 28 heavy (non-hydrogen) atoms. The minimum atomic E-state index is -0.610. The third-order valence-electron chi connectivity index (χ3n) is 3.94. The summed E-state index contributed by atoms with van der Waals surface area (Å²) >= 11 is 0. The summed E-state index contributed by atoms with van der Waals surface area (Å²) in [6.45, 7) is 1.65. The number of benzene rings is 2. The maximum Gasteiger partial charge on any atom is 0.306 e. The molecule has 0 spiro atoms. The molecule has 0 aliphatic carbocycles. The molecular weight excluding hydrogens is 360 g/mol. The number of esters is 1. The Labute approximate surface area is 164 Å². The number of anilines is 2. The second-order valence-electron chi connectivity index (χ2n) is 6.04. The van der Waals surface area contributed by atoms with E-state index in [0.717, 1.165) is 12.0 Å². The molecule has 2 aromatic rings. The lowest BCUT2D eigenvalue weighted by atomic mass is 10.1. The molecule has 0 fully saturated rings. The minimum Gasteiger partial charge on any atom is -0.497 e. The molecule has 0 radical (unpaired) electrons. The lowest BCUT2D eigenvalue weighted by molar-refractivity contribution is -0.147. The SMILES string of the molecule is CCc1ccc(NC(=O)COC(=O)CCC(=O)Nc2ccc(OC)cc2)cc1. The summed E-state index contributed by atoms with van der Waals surface area (Å²) in [6.07, 6.45) is 0.767. The summed E-state index contributed by atoms with van der Waals surface area (Å²) in [5.74, 6) is -0.676. The molecular formula is C21H24N2O5. The first-order valence-corrected chi connectivity index (χ1v) is 8.98. The first-order valence-electron chi connectivity index (χ1n) is 8.98. The molecule has 0 heterocycles. The highest BCUT2D eigenvalue weighted by Gasteiger charge is 2.11. The molecule has 0 aromatic heterocycles. The number of rotatable bonds is 9. The summed E-state index contributed by atoms with van der Waals surface area (Å²) in [6, 6.07) is 14.3. The summed E-state index contributed by atoms with van der Waals surface area (Å²) < 4.78 is 9.94. The average molecular weight is 384 g/mol. The smallest absolute Gasteiger partial charge is 0.306 e. The van der Waals surface area contributed by atoms with Crippen molar-refractivity contribution in [2.24, 2.45) is 0 Å². The van der Waals surface area contributed by atoms with Crippen LogP contribution in [0, 0.1) is 0 Å². The van der Waals surface area contributed by atoms with E-state index in [-0.39, 0.29) is 18.7 Å². The van der Waals surface area contributed by atoms with Gasteiger partial charge >= 0.3 is 5.97 Å². The highest BCUT2D eigenvalue weighted by atomic mass is 16.5. The van der Waals surface area contributed by atoms with Crippen LogP contribution in [0.4, 0.5) is 11.4 Å². The summed E-state index contributed by atoms with van der Waals surface area (Å²) in [5.41, 5.74) is 2.40. The van der Waals surface area contributed by atoms with Crippen molar-refractivity contribution in [3.63, 3.8) is 0 Å². The van der Waals surface area contributed by atoms with E-state index in [2.05, 4.69) is 10.6 Å². The van der Waals surface area contributed by atoms with E-state index in [1.807, 2.05) is 19.1 Å². The number of methoxy groups -OCH3 is 1. The van der Waals surface area contributed by atoms with Crippen LogP contribution in [0.2, 0.25) is 0 Å². The van der Waals surface area contributed by atoms with Gasteiger partial charge in [0.15, 0.2) is 6.61 Å². The van der Waals surface area contributed by atoms with E-state index in [1.165, 1.54) is 0 Å². The van der Waals surface area contributed by atoms with Crippen molar-refractivity contribution in [2.45, 2.75) is 26.2 Å². The third-order valence-corrected chi connectivity index (χ3v) is 3.94. The Kier molecular flexibility index (Phi) is 8.02. The fourth-order valence-electron chi connectivity index (χ4n) is 2.35. The first kappa shape index (κ1) is 21.0. The fraction of sp³-hybridized carbons (Fsp3) is 0.286. The van der Waals surface area contributed by atoms with Crippen molar-refractivity contribution in [2.75, 3.05) is 24.4 Å². The van der Waals surface area contributed by atoms with Crippen molar-refractivity contribution >= 4 is 29.2 Å². The molecule has 7 nitrogen and oxygen atoms in total. The second-order valence-corrected chi connectivity index (χ2v) is 6.04. The Morgan fingerprint density at radius 3 is 1.96 bits per heavy atom. The Morgan fingerprint density at radius 2 is 1.39 bits per heavy atom. The molecule has 0 bridgehead atoms. The zero-order chi connectivity index (χ0) is 20.4. The number of aryl methyl sites for hydroxylation is 1. The van der Waals surface area contributed by atoms with E-state index in [0.29, 0.717) is 17.1 Å². The highest BCUT2D eigenvalue weighted by molar-refractivity contribution is 5.94. The lowest BCUT2D eigenvalue weighted by Crippen LogP contribution is -2.21. The van der Waals surface area contributed by atoms with E-state index in [1.54, 1.807) is 43.5 Å². The van der Waals surface area contributed by atoms with Crippen LogP contribution in [-0.2, 0) is 25.5 Å². The molecule has 2 aromatic carbocycles. The molecule has 148 valence electrons. The van der Waals surface area contributed by atoms with Crippen LogP contribution in [0.25, 0.3) is 0 Å². The fourth-order valence-corrected chi connectivity index (χ4v) is 2.35. The molecule has 0 unspecified atom stereocenters. The minimum absolute atomic E-state index is 0.0367. The standard InChI is InChI=1S/C21H24N2O5/c1-3-15-4-6-16(7-5-15)23-20(25)14-28-21(26)13-12-19(24)22-17-8-10-18(27-2)11-9-17/h4-11H,3,12-14H2,1-2H3,(H,22,24)(H,23,25). The van der Waals surface area contributed by atoms with Crippen molar-refractivity contribution in [1.29, 1.82) is 0 Å². The number of carbonyl (C=O) groups excluding carboxylic acids is 3. The van der Waals surface area contributed by atoms with E-state index in [4.69, 9.17) is 9.47 Å². The van der Waals surface area contributed by atoms with Gasteiger partial charge in [-0.2, -0.15) is 0 Å². The zero-order valence-electron chi connectivity index (χ0n) is 16.0. The second kappa shape index (κ2) is 10.7. The molecule has 7 heteroatoms. The van der Waals surface area contributed by atoms with Crippen LogP contribution in [0.5, 0.6) is 5.75 Å². The summed E-state index contributed by atoms with van der Waals surface area (Å²) in [4.78, 5) is 35.4. The predicted molar refractivity (Wildman–Crippen MR) is 106 cm³/mol. The van der Waals surface area contributed by atoms with Crippen LogP contribution in [-0.4, -0.2) is 31.5 Å². The van der Waals surface area contributed by atoms with Crippen LogP contribution in [0.3, 0.4) is 0 Å². The van der Waals surface area contributed by atoms with E-state index in [9.17, 15) is 14.4 Å². The monoisotopic (exact) mass is 384 g/mol. The van der Waals surface area contributed by atoms with Crippen molar-refractivity contribution < 1.29 is 23.9 Å². The molecule has 0 aliphatic heterocycles. The number of carbonyl (C=O) groups is 3. The van der Waals surface area contributed by atoms with Gasteiger partial charge in [-0.1, -0.05) is 19.1 Å². The molecule has 2 amide bonds. The number of ether oxygens (including phenoxy) is 2. The molecule has 0 saturated carbocycles. The largest absolute Gasteiger partial charge is 0.497 e. The third kappa shape index (κ3) is 7.11. The van der Waals surface area contributed by atoms with Crippen molar-refractivity contribution in [3.8, 4) is 5.75 Å². The number of amides is 2. The molecule has 0 aliphatic rings. The van der Waals surface area contributed by atoms with Crippen LogP contribution in [0.15, 0.2) is 48.5 Å². The van der Waals surface area contributed by atoms with Gasteiger partial charge in [0.05, 0.1) is 13.5 Å². The van der Waals surface area contributed by atoms with Gasteiger partial charge in [-0.3, -0.25) is 14.4 Å². The molecule has 2 rings (SSSR count). The van der Waals surface area contributed by atoms with Gasteiger partial charge in [-0.25, -0.2) is 0 Å². The Morgan fingerprint density at radius 1 is 0.821 bits per heavy atom.